The van der Waals surface area contributed by atoms with E-state index in [1.54, 1.807) is 30.0 Å². The van der Waals surface area contributed by atoms with Crippen LogP contribution < -0.4 is 17.0 Å². The molecule has 0 unspecified atom stereocenters. The van der Waals surface area contributed by atoms with Gasteiger partial charge in [-0.3, -0.25) is 9.59 Å². The molecule has 7 nitrogen and oxygen atoms in total. The zero-order chi connectivity index (χ0) is 13.0. The van der Waals surface area contributed by atoms with Crippen molar-refractivity contribution >= 4 is 16.7 Å². The topological polar surface area (TPSA) is 99.2 Å². The van der Waals surface area contributed by atoms with Gasteiger partial charge in [0.05, 0.1) is 24.5 Å². The minimum absolute atomic E-state index is 0.00937. The molecule has 0 bridgehead atoms. The number of benzene rings is 1. The van der Waals surface area contributed by atoms with Crippen LogP contribution in [-0.4, -0.2) is 15.7 Å². The van der Waals surface area contributed by atoms with Crippen molar-refractivity contribution < 1.29 is 9.63 Å². The zero-order valence-electron chi connectivity index (χ0n) is 9.50. The van der Waals surface area contributed by atoms with Gasteiger partial charge in [-0.2, -0.15) is 5.10 Å². The van der Waals surface area contributed by atoms with Crippen LogP contribution >= 0.6 is 0 Å². The van der Waals surface area contributed by atoms with Crippen molar-refractivity contribution in [3.63, 3.8) is 0 Å². The van der Waals surface area contributed by atoms with Crippen LogP contribution in [0.2, 0.25) is 0 Å². The van der Waals surface area contributed by atoms with Crippen LogP contribution in [0.5, 0.6) is 0 Å². The third-order valence-electron chi connectivity index (χ3n) is 2.46. The Morgan fingerprint density at radius 2 is 2.22 bits per heavy atom. The second-order valence-corrected chi connectivity index (χ2v) is 3.60. The highest BCUT2D eigenvalue weighted by Gasteiger charge is 2.07. The van der Waals surface area contributed by atoms with E-state index in [4.69, 9.17) is 5.84 Å². The maximum atomic E-state index is 12.0. The highest BCUT2D eigenvalue weighted by molar-refractivity contribution is 5.80. The SMILES string of the molecule is NNOC(=O)CCn1ncc2ccccc2c1=O. The summed E-state index contributed by atoms with van der Waals surface area (Å²) in [7, 11) is 0. The van der Waals surface area contributed by atoms with E-state index < -0.39 is 5.97 Å². The quantitative estimate of drug-likeness (QED) is 0.569. The van der Waals surface area contributed by atoms with Gasteiger partial charge in [0.25, 0.3) is 5.56 Å². The van der Waals surface area contributed by atoms with Gasteiger partial charge in [-0.05, 0) is 6.07 Å². The van der Waals surface area contributed by atoms with Crippen molar-refractivity contribution in [3.05, 3.63) is 40.8 Å². The van der Waals surface area contributed by atoms with Crippen LogP contribution in [0.15, 0.2) is 35.3 Å². The summed E-state index contributed by atoms with van der Waals surface area (Å²) < 4.78 is 1.22. The monoisotopic (exact) mass is 248 g/mol. The molecule has 1 aromatic carbocycles. The van der Waals surface area contributed by atoms with E-state index in [2.05, 4.69) is 9.94 Å². The maximum Gasteiger partial charge on any atom is 0.328 e. The fourth-order valence-corrected chi connectivity index (χ4v) is 1.60. The predicted octanol–water partition coefficient (Wildman–Crippen LogP) is -0.292. The van der Waals surface area contributed by atoms with Crippen LogP contribution in [0.3, 0.4) is 0 Å². The minimum atomic E-state index is -0.556. The van der Waals surface area contributed by atoms with Crippen LogP contribution in [-0.2, 0) is 16.2 Å². The molecule has 0 spiro atoms. The van der Waals surface area contributed by atoms with Crippen LogP contribution in [0, 0.1) is 0 Å². The molecular weight excluding hydrogens is 236 g/mol. The Labute approximate surface area is 102 Å². The number of hydrogen-bond donors (Lipinski definition) is 2. The Balaban J connectivity index is 2.22. The van der Waals surface area contributed by atoms with E-state index in [1.807, 2.05) is 6.07 Å². The molecule has 7 heteroatoms. The van der Waals surface area contributed by atoms with Crippen molar-refractivity contribution in [2.45, 2.75) is 13.0 Å². The maximum absolute atomic E-state index is 12.0. The molecule has 1 heterocycles. The molecule has 0 saturated carbocycles. The number of aryl methyl sites for hydroxylation is 1. The van der Waals surface area contributed by atoms with Gasteiger partial charge >= 0.3 is 5.97 Å². The molecule has 0 radical (unpaired) electrons. The summed E-state index contributed by atoms with van der Waals surface area (Å²) >= 11 is 0. The van der Waals surface area contributed by atoms with Crippen LogP contribution in [0.4, 0.5) is 0 Å². The number of rotatable bonds is 4. The third-order valence-corrected chi connectivity index (χ3v) is 2.46. The number of carbonyl (C=O) groups is 1. The summed E-state index contributed by atoms with van der Waals surface area (Å²) in [6, 6.07) is 7.13. The summed E-state index contributed by atoms with van der Waals surface area (Å²) in [5, 5.41) is 5.32. The molecule has 3 N–H and O–H groups in total. The standard InChI is InChI=1S/C11H12N4O3/c12-14-18-10(16)5-6-15-11(17)9-4-2-1-3-8(9)7-13-15/h1-4,7,14H,5-6,12H2. The number of nitrogens with one attached hydrogen (secondary N) is 1. The summed E-state index contributed by atoms with van der Waals surface area (Å²) in [5.74, 6) is 4.27. The molecule has 0 saturated heterocycles. The van der Waals surface area contributed by atoms with Gasteiger partial charge in [-0.1, -0.05) is 23.8 Å². The molecule has 0 aliphatic rings. The highest BCUT2D eigenvalue weighted by atomic mass is 16.7. The molecule has 0 fully saturated rings. The molecule has 18 heavy (non-hydrogen) atoms. The number of fused-ring (bicyclic) bond motifs is 1. The second kappa shape index (κ2) is 5.39. The van der Waals surface area contributed by atoms with E-state index in [0.29, 0.717) is 5.39 Å². The van der Waals surface area contributed by atoms with Gasteiger partial charge in [0.15, 0.2) is 0 Å². The van der Waals surface area contributed by atoms with Gasteiger partial charge in [0.2, 0.25) is 0 Å². The number of hydrogen-bond acceptors (Lipinski definition) is 6. The van der Waals surface area contributed by atoms with Gasteiger partial charge in [-0.25, -0.2) is 10.5 Å². The molecule has 1 aromatic heterocycles. The second-order valence-electron chi connectivity index (χ2n) is 3.60. The van der Waals surface area contributed by atoms with E-state index in [9.17, 15) is 9.59 Å². The largest absolute Gasteiger partial charge is 0.356 e. The van der Waals surface area contributed by atoms with Crippen molar-refractivity contribution in [2.24, 2.45) is 5.84 Å². The van der Waals surface area contributed by atoms with E-state index in [-0.39, 0.29) is 18.5 Å². The normalized spacial score (nSPS) is 10.5. The number of carbonyl (C=O) groups excluding carboxylic acids is 1. The zero-order valence-corrected chi connectivity index (χ0v) is 9.50. The lowest BCUT2D eigenvalue weighted by Gasteiger charge is -2.05. The lowest BCUT2D eigenvalue weighted by Crippen LogP contribution is -2.29. The third kappa shape index (κ3) is 2.53. The smallest absolute Gasteiger partial charge is 0.328 e. The molecular formula is C11H12N4O3. The van der Waals surface area contributed by atoms with Crippen molar-refractivity contribution in [1.29, 1.82) is 0 Å². The number of nitrogens with two attached hydrogens (primary N) is 1. The Kier molecular flexibility index (Phi) is 3.66. The fraction of sp³-hybridized carbons (Fsp3) is 0.182. The molecule has 94 valence electrons. The Bertz CT molecular complexity index is 623. The molecule has 0 atom stereocenters. The molecule has 0 aliphatic heterocycles. The first-order chi connectivity index (χ1) is 8.72. The lowest BCUT2D eigenvalue weighted by molar-refractivity contribution is -0.151. The summed E-state index contributed by atoms with van der Waals surface area (Å²) in [5.41, 5.74) is 1.56. The van der Waals surface area contributed by atoms with Gasteiger partial charge in [-0.15, -0.1) is 0 Å². The van der Waals surface area contributed by atoms with E-state index >= 15 is 0 Å². The Hall–Kier alpha value is -2.25. The van der Waals surface area contributed by atoms with Gasteiger partial charge in [0.1, 0.15) is 0 Å². The van der Waals surface area contributed by atoms with Crippen molar-refractivity contribution in [1.82, 2.24) is 15.4 Å². The lowest BCUT2D eigenvalue weighted by atomic mass is 10.2. The predicted molar refractivity (Wildman–Crippen MR) is 64.0 cm³/mol. The number of hydrazine groups is 1. The summed E-state index contributed by atoms with van der Waals surface area (Å²) in [4.78, 5) is 27.4. The first-order valence-corrected chi connectivity index (χ1v) is 5.32. The number of nitrogens with zero attached hydrogens (tertiary/aromatic N) is 2. The average Bonchev–Trinajstić information content (AvgIpc) is 2.39. The Morgan fingerprint density at radius 1 is 1.44 bits per heavy atom. The van der Waals surface area contributed by atoms with Crippen LogP contribution in [0.25, 0.3) is 10.8 Å². The van der Waals surface area contributed by atoms with Gasteiger partial charge in [0, 0.05) is 5.39 Å². The molecule has 0 aliphatic carbocycles. The van der Waals surface area contributed by atoms with Crippen molar-refractivity contribution in [2.75, 3.05) is 0 Å². The molecule has 2 rings (SSSR count). The minimum Gasteiger partial charge on any atom is -0.356 e. The average molecular weight is 248 g/mol. The number of aromatic nitrogens is 2. The molecule has 0 amide bonds. The van der Waals surface area contributed by atoms with Crippen molar-refractivity contribution in [3.8, 4) is 0 Å². The van der Waals surface area contributed by atoms with Gasteiger partial charge < -0.3 is 4.84 Å². The summed E-state index contributed by atoms with van der Waals surface area (Å²) in [6.07, 6.45) is 1.60. The first-order valence-electron chi connectivity index (χ1n) is 5.32. The fourth-order valence-electron chi connectivity index (χ4n) is 1.60. The highest BCUT2D eigenvalue weighted by Crippen LogP contribution is 2.06. The first kappa shape index (κ1) is 12.2. The summed E-state index contributed by atoms with van der Waals surface area (Å²) in [6.45, 7) is 0.143. The van der Waals surface area contributed by atoms with E-state index in [0.717, 1.165) is 5.39 Å². The Morgan fingerprint density at radius 3 is 3.00 bits per heavy atom. The van der Waals surface area contributed by atoms with E-state index in [1.165, 1.54) is 4.68 Å². The molecule has 2 aromatic rings. The van der Waals surface area contributed by atoms with Crippen LogP contribution in [0.1, 0.15) is 6.42 Å².